The second kappa shape index (κ2) is 5.83. The van der Waals surface area contributed by atoms with Crippen LogP contribution in [-0.4, -0.2) is 37.1 Å². The van der Waals surface area contributed by atoms with E-state index < -0.39 is 0 Å². The van der Waals surface area contributed by atoms with E-state index in [9.17, 15) is 0 Å². The van der Waals surface area contributed by atoms with E-state index >= 15 is 0 Å². The highest BCUT2D eigenvalue weighted by molar-refractivity contribution is 4.90. The smallest absolute Gasteiger partial charge is 0.0197 e. The number of nitrogens with one attached hydrogen (secondary N) is 1. The van der Waals surface area contributed by atoms with Gasteiger partial charge in [-0.2, -0.15) is 0 Å². The molecular weight excluding hydrogens is 196 g/mol. The van der Waals surface area contributed by atoms with E-state index in [0.717, 1.165) is 18.5 Å². The largest absolute Gasteiger partial charge is 0.310 e. The third-order valence-electron chi connectivity index (χ3n) is 4.22. The second-order valence-corrected chi connectivity index (χ2v) is 5.60. The Kier molecular flexibility index (Phi) is 4.42. The van der Waals surface area contributed by atoms with Gasteiger partial charge in [0.25, 0.3) is 0 Å². The van der Waals surface area contributed by atoms with Gasteiger partial charge in [0, 0.05) is 25.2 Å². The van der Waals surface area contributed by atoms with Gasteiger partial charge in [0.05, 0.1) is 0 Å². The first-order chi connectivity index (χ1) is 7.79. The molecule has 1 aliphatic heterocycles. The van der Waals surface area contributed by atoms with Gasteiger partial charge < -0.3 is 10.2 Å². The first-order valence-electron chi connectivity index (χ1n) is 6.85. The maximum atomic E-state index is 3.87. The van der Waals surface area contributed by atoms with Crippen LogP contribution in [0.4, 0.5) is 0 Å². The van der Waals surface area contributed by atoms with Crippen molar-refractivity contribution in [1.82, 2.24) is 10.2 Å². The van der Waals surface area contributed by atoms with Crippen molar-refractivity contribution in [3.8, 4) is 0 Å². The van der Waals surface area contributed by atoms with Crippen molar-refractivity contribution in [1.29, 1.82) is 0 Å². The quantitative estimate of drug-likeness (QED) is 0.735. The Bertz CT molecular complexity index is 227. The first-order valence-corrected chi connectivity index (χ1v) is 6.85. The molecule has 0 aromatic rings. The molecule has 0 bridgehead atoms. The Morgan fingerprint density at radius 2 is 2.06 bits per heavy atom. The number of nitrogens with zero attached hydrogens (tertiary/aromatic N) is 1. The molecule has 0 spiro atoms. The van der Waals surface area contributed by atoms with Crippen molar-refractivity contribution in [2.75, 3.05) is 20.1 Å². The van der Waals surface area contributed by atoms with Crippen LogP contribution >= 0.6 is 0 Å². The minimum atomic E-state index is 0.712. The van der Waals surface area contributed by atoms with Crippen LogP contribution in [0.25, 0.3) is 0 Å². The molecule has 1 saturated heterocycles. The van der Waals surface area contributed by atoms with Gasteiger partial charge in [-0.05, 0) is 38.6 Å². The zero-order valence-corrected chi connectivity index (χ0v) is 10.6. The van der Waals surface area contributed by atoms with Crippen LogP contribution in [0.1, 0.15) is 38.5 Å². The van der Waals surface area contributed by atoms with Crippen molar-refractivity contribution in [3.63, 3.8) is 0 Å². The zero-order valence-electron chi connectivity index (χ0n) is 10.6. The highest BCUT2D eigenvalue weighted by Gasteiger charge is 2.31. The number of fused-ring (bicyclic) bond motifs is 1. The zero-order chi connectivity index (χ0) is 11.4. The van der Waals surface area contributed by atoms with E-state index in [1.165, 1.54) is 45.1 Å². The van der Waals surface area contributed by atoms with Crippen molar-refractivity contribution in [2.45, 2.75) is 50.6 Å². The van der Waals surface area contributed by atoms with E-state index in [2.05, 4.69) is 23.8 Å². The van der Waals surface area contributed by atoms with Gasteiger partial charge in [-0.15, -0.1) is 6.58 Å². The van der Waals surface area contributed by atoms with Gasteiger partial charge in [0.1, 0.15) is 0 Å². The Balaban J connectivity index is 1.78. The van der Waals surface area contributed by atoms with Crippen molar-refractivity contribution in [2.24, 2.45) is 5.92 Å². The highest BCUT2D eigenvalue weighted by atomic mass is 15.1. The second-order valence-electron chi connectivity index (χ2n) is 5.60. The summed E-state index contributed by atoms with van der Waals surface area (Å²) in [5.41, 5.74) is 0. The SMILES string of the molecule is C=CCN(C)CC1CCC2CCCCC2N1. The fourth-order valence-electron chi connectivity index (χ4n) is 3.39. The van der Waals surface area contributed by atoms with Crippen molar-refractivity contribution in [3.05, 3.63) is 12.7 Å². The third kappa shape index (κ3) is 3.08. The fraction of sp³-hybridized carbons (Fsp3) is 0.857. The molecule has 1 heterocycles. The predicted octanol–water partition coefficient (Wildman–Crippen LogP) is 2.42. The maximum absolute atomic E-state index is 3.87. The molecule has 2 aliphatic rings. The highest BCUT2D eigenvalue weighted by Crippen LogP contribution is 2.32. The maximum Gasteiger partial charge on any atom is 0.0197 e. The molecule has 92 valence electrons. The monoisotopic (exact) mass is 222 g/mol. The summed E-state index contributed by atoms with van der Waals surface area (Å²) >= 11 is 0. The summed E-state index contributed by atoms with van der Waals surface area (Å²) in [6.45, 7) is 5.98. The van der Waals surface area contributed by atoms with Crippen LogP contribution in [-0.2, 0) is 0 Å². The van der Waals surface area contributed by atoms with E-state index in [4.69, 9.17) is 0 Å². The molecule has 3 unspecified atom stereocenters. The van der Waals surface area contributed by atoms with E-state index in [-0.39, 0.29) is 0 Å². The number of hydrogen-bond acceptors (Lipinski definition) is 2. The molecule has 0 amide bonds. The Hall–Kier alpha value is -0.340. The lowest BCUT2D eigenvalue weighted by Gasteiger charge is -2.41. The van der Waals surface area contributed by atoms with Gasteiger partial charge in [0.2, 0.25) is 0 Å². The van der Waals surface area contributed by atoms with E-state index in [1.807, 2.05) is 6.08 Å². The van der Waals surface area contributed by atoms with Gasteiger partial charge in [-0.25, -0.2) is 0 Å². The Morgan fingerprint density at radius 3 is 2.88 bits per heavy atom. The number of piperidine rings is 1. The average Bonchev–Trinajstić information content (AvgIpc) is 2.29. The minimum Gasteiger partial charge on any atom is -0.310 e. The lowest BCUT2D eigenvalue weighted by Crippen LogP contribution is -2.52. The molecule has 2 nitrogen and oxygen atoms in total. The van der Waals surface area contributed by atoms with E-state index in [1.54, 1.807) is 0 Å². The molecule has 16 heavy (non-hydrogen) atoms. The Morgan fingerprint density at radius 1 is 1.25 bits per heavy atom. The standard InChI is InChI=1S/C14H26N2/c1-3-10-16(2)11-13-9-8-12-6-4-5-7-14(12)15-13/h3,12-15H,1,4-11H2,2H3. The summed E-state index contributed by atoms with van der Waals surface area (Å²) in [6, 6.07) is 1.54. The van der Waals surface area contributed by atoms with Crippen LogP contribution in [0.3, 0.4) is 0 Å². The van der Waals surface area contributed by atoms with Gasteiger partial charge in [-0.1, -0.05) is 18.9 Å². The third-order valence-corrected chi connectivity index (χ3v) is 4.22. The van der Waals surface area contributed by atoms with Crippen LogP contribution < -0.4 is 5.32 Å². The molecule has 0 aromatic carbocycles. The molecule has 1 saturated carbocycles. The molecule has 2 rings (SSSR count). The Labute approximate surface area is 100 Å². The normalized spacial score (nSPS) is 34.8. The van der Waals surface area contributed by atoms with Crippen LogP contribution in [0.15, 0.2) is 12.7 Å². The molecule has 1 N–H and O–H groups in total. The molecular formula is C14H26N2. The molecule has 0 aromatic heterocycles. The first kappa shape index (κ1) is 12.1. The van der Waals surface area contributed by atoms with Crippen LogP contribution in [0.2, 0.25) is 0 Å². The van der Waals surface area contributed by atoms with Crippen molar-refractivity contribution < 1.29 is 0 Å². The number of rotatable bonds is 4. The lowest BCUT2D eigenvalue weighted by atomic mass is 9.78. The van der Waals surface area contributed by atoms with Gasteiger partial charge in [0.15, 0.2) is 0 Å². The molecule has 2 heteroatoms. The number of hydrogen-bond donors (Lipinski definition) is 1. The van der Waals surface area contributed by atoms with E-state index in [0.29, 0.717) is 6.04 Å². The summed E-state index contributed by atoms with van der Waals surface area (Å²) < 4.78 is 0. The molecule has 2 fully saturated rings. The minimum absolute atomic E-state index is 0.712. The molecule has 1 aliphatic carbocycles. The summed E-state index contributed by atoms with van der Waals surface area (Å²) in [6.07, 6.45) is 10.6. The summed E-state index contributed by atoms with van der Waals surface area (Å²) in [4.78, 5) is 2.37. The lowest BCUT2D eigenvalue weighted by molar-refractivity contribution is 0.156. The van der Waals surface area contributed by atoms with Gasteiger partial charge >= 0.3 is 0 Å². The van der Waals surface area contributed by atoms with Crippen LogP contribution in [0.5, 0.6) is 0 Å². The summed E-state index contributed by atoms with van der Waals surface area (Å²) in [5, 5.41) is 3.87. The number of likely N-dealkylation sites (N-methyl/N-ethyl adjacent to an activating group) is 1. The summed E-state index contributed by atoms with van der Waals surface area (Å²) in [5.74, 6) is 0.981. The van der Waals surface area contributed by atoms with Crippen molar-refractivity contribution >= 4 is 0 Å². The van der Waals surface area contributed by atoms with Gasteiger partial charge in [-0.3, -0.25) is 0 Å². The topological polar surface area (TPSA) is 15.3 Å². The molecule has 0 radical (unpaired) electrons. The summed E-state index contributed by atoms with van der Waals surface area (Å²) in [7, 11) is 2.19. The average molecular weight is 222 g/mol. The van der Waals surface area contributed by atoms with Crippen LogP contribution in [0, 0.1) is 5.92 Å². The fourth-order valence-corrected chi connectivity index (χ4v) is 3.39. The predicted molar refractivity (Wildman–Crippen MR) is 69.6 cm³/mol. The molecule has 3 atom stereocenters.